The van der Waals surface area contributed by atoms with Crippen LogP contribution in [0.3, 0.4) is 0 Å². The molecule has 4 aliphatic rings. The van der Waals surface area contributed by atoms with Crippen LogP contribution in [-0.4, -0.2) is 42.0 Å². The van der Waals surface area contributed by atoms with Crippen molar-refractivity contribution in [2.45, 2.75) is 51.2 Å². The number of likely N-dealkylation sites (tertiary alicyclic amines) is 1. The molecule has 3 aliphatic heterocycles. The predicted molar refractivity (Wildman–Crippen MR) is 129 cm³/mol. The molecule has 1 aliphatic carbocycles. The van der Waals surface area contributed by atoms with E-state index in [9.17, 15) is 4.79 Å². The molecule has 6 rings (SSSR count). The van der Waals surface area contributed by atoms with Crippen molar-refractivity contribution in [3.63, 3.8) is 0 Å². The zero-order valence-corrected chi connectivity index (χ0v) is 19.5. The van der Waals surface area contributed by atoms with Crippen molar-refractivity contribution in [3.05, 3.63) is 71.8 Å². The van der Waals surface area contributed by atoms with Gasteiger partial charge in [0.15, 0.2) is 0 Å². The molecule has 4 fully saturated rings. The summed E-state index contributed by atoms with van der Waals surface area (Å²) in [6.45, 7) is 8.29. The Morgan fingerprint density at radius 3 is 2.47 bits per heavy atom. The highest BCUT2D eigenvalue weighted by Crippen LogP contribution is 2.54. The van der Waals surface area contributed by atoms with Gasteiger partial charge in [0.1, 0.15) is 5.54 Å². The van der Waals surface area contributed by atoms with Crippen LogP contribution in [0, 0.1) is 23.7 Å². The van der Waals surface area contributed by atoms with Gasteiger partial charge in [-0.05, 0) is 54.7 Å². The predicted octanol–water partition coefficient (Wildman–Crippen LogP) is 3.87. The number of hydrogen-bond acceptors (Lipinski definition) is 3. The minimum atomic E-state index is -0.445. The Morgan fingerprint density at radius 2 is 1.78 bits per heavy atom. The van der Waals surface area contributed by atoms with Crippen LogP contribution in [-0.2, 0) is 17.8 Å². The van der Waals surface area contributed by atoms with E-state index in [2.05, 4.69) is 84.0 Å². The quantitative estimate of drug-likeness (QED) is 0.667. The third-order valence-electron chi connectivity index (χ3n) is 8.10. The van der Waals surface area contributed by atoms with E-state index in [1.807, 2.05) is 6.07 Å². The largest absolute Gasteiger partial charge is 0.354 e. The van der Waals surface area contributed by atoms with E-state index in [4.69, 9.17) is 0 Å². The molecule has 3 heterocycles. The molecule has 170 valence electrons. The lowest BCUT2D eigenvalue weighted by Gasteiger charge is -2.56. The Morgan fingerprint density at radius 1 is 1.09 bits per heavy atom. The van der Waals surface area contributed by atoms with Crippen molar-refractivity contribution >= 4 is 5.91 Å². The summed E-state index contributed by atoms with van der Waals surface area (Å²) in [6, 6.07) is 21.5. The summed E-state index contributed by atoms with van der Waals surface area (Å²) < 4.78 is 0. The van der Waals surface area contributed by atoms with Crippen LogP contribution in [0.2, 0.25) is 0 Å². The van der Waals surface area contributed by atoms with Crippen molar-refractivity contribution in [2.24, 2.45) is 23.7 Å². The lowest BCUT2D eigenvalue weighted by molar-refractivity contribution is -0.138. The van der Waals surface area contributed by atoms with Crippen molar-refractivity contribution in [3.8, 4) is 0 Å². The van der Waals surface area contributed by atoms with Gasteiger partial charge in [-0.2, -0.15) is 0 Å². The first-order valence-corrected chi connectivity index (χ1v) is 12.4. The second-order valence-corrected chi connectivity index (χ2v) is 10.6. The highest BCUT2D eigenvalue weighted by molar-refractivity contribution is 5.89. The zero-order chi connectivity index (χ0) is 22.1. The Balaban J connectivity index is 1.38. The molecule has 0 aromatic heterocycles. The van der Waals surface area contributed by atoms with Gasteiger partial charge in [0.05, 0.1) is 0 Å². The average Bonchev–Trinajstić information content (AvgIpc) is 3.06. The molecule has 0 radical (unpaired) electrons. The Hall–Kier alpha value is -2.17. The SMILES string of the molecule is CC(C)CC1C2CNC3(C(=O)NCCc4ccccc4)C(C2)CN(Cc2ccccc2)C13. The van der Waals surface area contributed by atoms with Gasteiger partial charge in [-0.25, -0.2) is 0 Å². The molecule has 3 saturated heterocycles. The standard InChI is InChI=1S/C28H37N3O/c1-20(2)15-25-23-16-24-19-31(18-22-11-7-4-8-12-22)26(25)28(24,30-17-23)27(32)29-14-13-21-9-5-3-6-10-21/h3-12,20,23-26,30H,13-19H2,1-2H3,(H,29,32). The van der Waals surface area contributed by atoms with Crippen molar-refractivity contribution in [1.29, 1.82) is 0 Å². The molecule has 2 aromatic carbocycles. The zero-order valence-electron chi connectivity index (χ0n) is 19.5. The molecule has 32 heavy (non-hydrogen) atoms. The van der Waals surface area contributed by atoms with Gasteiger partial charge in [-0.3, -0.25) is 9.69 Å². The Bertz CT molecular complexity index is 915. The van der Waals surface area contributed by atoms with Gasteiger partial charge in [-0.1, -0.05) is 74.5 Å². The monoisotopic (exact) mass is 431 g/mol. The summed E-state index contributed by atoms with van der Waals surface area (Å²) in [7, 11) is 0. The maximum atomic E-state index is 13.9. The molecule has 4 bridgehead atoms. The number of piperidine rings is 2. The molecule has 1 amide bonds. The fraction of sp³-hybridized carbons (Fsp3) is 0.536. The maximum Gasteiger partial charge on any atom is 0.242 e. The molecule has 0 spiro atoms. The topological polar surface area (TPSA) is 44.4 Å². The van der Waals surface area contributed by atoms with Gasteiger partial charge < -0.3 is 10.6 Å². The highest BCUT2D eigenvalue weighted by atomic mass is 16.2. The summed E-state index contributed by atoms with van der Waals surface area (Å²) in [5.74, 6) is 2.54. The molecular formula is C28H37N3O. The van der Waals surface area contributed by atoms with Gasteiger partial charge >= 0.3 is 0 Å². The van der Waals surface area contributed by atoms with E-state index in [0.717, 1.165) is 26.1 Å². The van der Waals surface area contributed by atoms with E-state index in [1.54, 1.807) is 0 Å². The van der Waals surface area contributed by atoms with Crippen molar-refractivity contribution in [1.82, 2.24) is 15.5 Å². The minimum Gasteiger partial charge on any atom is -0.354 e. The van der Waals surface area contributed by atoms with Crippen LogP contribution >= 0.6 is 0 Å². The fourth-order valence-electron chi connectivity index (χ4n) is 6.88. The van der Waals surface area contributed by atoms with E-state index < -0.39 is 5.54 Å². The average molecular weight is 432 g/mol. The summed E-state index contributed by atoms with van der Waals surface area (Å²) in [4.78, 5) is 16.5. The fourth-order valence-corrected chi connectivity index (χ4v) is 6.88. The second kappa shape index (κ2) is 8.99. The number of nitrogens with zero attached hydrogens (tertiary/aromatic N) is 1. The first-order valence-electron chi connectivity index (χ1n) is 12.4. The summed E-state index contributed by atoms with van der Waals surface area (Å²) in [5, 5.41) is 7.16. The number of benzene rings is 2. The highest BCUT2D eigenvalue weighted by Gasteiger charge is 2.67. The van der Waals surface area contributed by atoms with E-state index in [0.29, 0.717) is 30.2 Å². The van der Waals surface area contributed by atoms with Crippen LogP contribution < -0.4 is 10.6 Å². The minimum absolute atomic E-state index is 0.228. The molecule has 5 unspecified atom stereocenters. The maximum absolute atomic E-state index is 13.9. The second-order valence-electron chi connectivity index (χ2n) is 10.6. The van der Waals surface area contributed by atoms with Crippen LogP contribution in [0.1, 0.15) is 37.8 Å². The van der Waals surface area contributed by atoms with Crippen molar-refractivity contribution in [2.75, 3.05) is 19.6 Å². The Labute approximate surface area is 192 Å². The summed E-state index contributed by atoms with van der Waals surface area (Å²) >= 11 is 0. The van der Waals surface area contributed by atoms with E-state index in [-0.39, 0.29) is 11.9 Å². The molecule has 2 aromatic rings. The molecule has 5 atom stereocenters. The lowest BCUT2D eigenvalue weighted by atomic mass is 9.58. The van der Waals surface area contributed by atoms with Crippen molar-refractivity contribution < 1.29 is 4.79 Å². The normalized spacial score (nSPS) is 31.2. The van der Waals surface area contributed by atoms with Gasteiger partial charge in [0, 0.05) is 31.6 Å². The smallest absolute Gasteiger partial charge is 0.242 e. The Kier molecular flexibility index (Phi) is 6.09. The summed E-state index contributed by atoms with van der Waals surface area (Å²) in [6.07, 6.45) is 3.26. The van der Waals surface area contributed by atoms with Crippen LogP contribution in [0.5, 0.6) is 0 Å². The molecule has 1 saturated carbocycles. The number of hydrogen-bond donors (Lipinski definition) is 2. The first kappa shape index (κ1) is 21.7. The number of carbonyl (C=O) groups is 1. The number of nitrogens with one attached hydrogen (secondary N) is 2. The summed E-state index contributed by atoms with van der Waals surface area (Å²) in [5.41, 5.74) is 2.18. The van der Waals surface area contributed by atoms with Gasteiger partial charge in [0.25, 0.3) is 0 Å². The third-order valence-corrected chi connectivity index (χ3v) is 8.10. The molecule has 4 heteroatoms. The molecular weight excluding hydrogens is 394 g/mol. The van der Waals surface area contributed by atoms with E-state index in [1.165, 1.54) is 24.0 Å². The number of amides is 1. The van der Waals surface area contributed by atoms with Gasteiger partial charge in [0.2, 0.25) is 5.91 Å². The number of carbonyl (C=O) groups excluding carboxylic acids is 1. The van der Waals surface area contributed by atoms with Crippen LogP contribution in [0.15, 0.2) is 60.7 Å². The van der Waals surface area contributed by atoms with Crippen LogP contribution in [0.25, 0.3) is 0 Å². The first-order chi connectivity index (χ1) is 15.6. The lowest BCUT2D eigenvalue weighted by Crippen LogP contribution is -2.76. The van der Waals surface area contributed by atoms with E-state index >= 15 is 0 Å². The molecule has 4 nitrogen and oxygen atoms in total. The number of rotatable bonds is 8. The third kappa shape index (κ3) is 3.88. The molecule has 2 N–H and O–H groups in total. The van der Waals surface area contributed by atoms with Crippen LogP contribution in [0.4, 0.5) is 0 Å². The van der Waals surface area contributed by atoms with Gasteiger partial charge in [-0.15, -0.1) is 0 Å². The number of fused-ring (bicyclic) bond motifs is 1.